The Morgan fingerprint density at radius 1 is 1.13 bits per heavy atom. The molecule has 0 bridgehead atoms. The van der Waals surface area contributed by atoms with E-state index in [1.807, 2.05) is 6.20 Å². The molecule has 1 heterocycles. The SMILES string of the molecule is Cc1cc(C)c(Cc2ncc[nH]2)c(C)c1. The Kier molecular flexibility index (Phi) is 2.58. The van der Waals surface area contributed by atoms with Crippen molar-refractivity contribution in [2.75, 3.05) is 0 Å². The van der Waals surface area contributed by atoms with Crippen LogP contribution in [0.5, 0.6) is 0 Å². The van der Waals surface area contributed by atoms with Gasteiger partial charge in [0.05, 0.1) is 0 Å². The molecule has 2 aromatic rings. The third kappa shape index (κ3) is 2.09. The molecule has 0 amide bonds. The first-order chi connectivity index (χ1) is 7.16. The van der Waals surface area contributed by atoms with Crippen LogP contribution in [0.25, 0.3) is 0 Å². The van der Waals surface area contributed by atoms with Gasteiger partial charge in [-0.2, -0.15) is 0 Å². The van der Waals surface area contributed by atoms with E-state index in [4.69, 9.17) is 0 Å². The van der Waals surface area contributed by atoms with E-state index in [2.05, 4.69) is 42.9 Å². The lowest BCUT2D eigenvalue weighted by Crippen LogP contribution is -1.98. The summed E-state index contributed by atoms with van der Waals surface area (Å²) in [7, 11) is 0. The van der Waals surface area contributed by atoms with E-state index in [1.54, 1.807) is 6.20 Å². The van der Waals surface area contributed by atoms with E-state index in [1.165, 1.54) is 22.3 Å². The van der Waals surface area contributed by atoms with Gasteiger partial charge >= 0.3 is 0 Å². The Labute approximate surface area is 90.4 Å². The van der Waals surface area contributed by atoms with Gasteiger partial charge in [0.1, 0.15) is 5.82 Å². The smallest absolute Gasteiger partial charge is 0.110 e. The first-order valence-electron chi connectivity index (χ1n) is 5.22. The van der Waals surface area contributed by atoms with Crippen LogP contribution in [0.2, 0.25) is 0 Å². The molecule has 0 fully saturated rings. The summed E-state index contributed by atoms with van der Waals surface area (Å²) in [6.07, 6.45) is 4.56. The first kappa shape index (κ1) is 9.97. The van der Waals surface area contributed by atoms with Gasteiger partial charge in [-0.15, -0.1) is 0 Å². The van der Waals surface area contributed by atoms with Gasteiger partial charge in [0.15, 0.2) is 0 Å². The predicted octanol–water partition coefficient (Wildman–Crippen LogP) is 2.93. The van der Waals surface area contributed by atoms with E-state index in [9.17, 15) is 0 Å². The minimum atomic E-state index is 0.894. The summed E-state index contributed by atoms with van der Waals surface area (Å²) in [5.41, 5.74) is 5.41. The molecule has 1 aromatic carbocycles. The Morgan fingerprint density at radius 3 is 2.33 bits per heavy atom. The molecule has 0 aliphatic rings. The molecule has 0 spiro atoms. The van der Waals surface area contributed by atoms with Gasteiger partial charge in [-0.3, -0.25) is 0 Å². The van der Waals surface area contributed by atoms with E-state index in [0.717, 1.165) is 12.2 Å². The molecular formula is C13H16N2. The molecule has 15 heavy (non-hydrogen) atoms. The number of aromatic nitrogens is 2. The lowest BCUT2D eigenvalue weighted by Gasteiger charge is -2.09. The molecule has 2 nitrogen and oxygen atoms in total. The fourth-order valence-electron chi connectivity index (χ4n) is 2.05. The normalized spacial score (nSPS) is 10.6. The van der Waals surface area contributed by atoms with E-state index in [-0.39, 0.29) is 0 Å². The van der Waals surface area contributed by atoms with Crippen molar-refractivity contribution in [3.8, 4) is 0 Å². The molecule has 0 aliphatic carbocycles. The summed E-state index contributed by atoms with van der Waals surface area (Å²) in [5, 5.41) is 0. The van der Waals surface area contributed by atoms with Gasteiger partial charge in [0.2, 0.25) is 0 Å². The number of hydrogen-bond acceptors (Lipinski definition) is 1. The molecule has 2 heteroatoms. The summed E-state index contributed by atoms with van der Waals surface area (Å²) in [4.78, 5) is 7.40. The third-order valence-corrected chi connectivity index (χ3v) is 2.74. The van der Waals surface area contributed by atoms with Gasteiger partial charge in [0.25, 0.3) is 0 Å². The number of aromatic amines is 1. The lowest BCUT2D eigenvalue weighted by atomic mass is 9.97. The van der Waals surface area contributed by atoms with Gasteiger partial charge in [-0.1, -0.05) is 17.7 Å². The summed E-state index contributed by atoms with van der Waals surface area (Å²) < 4.78 is 0. The van der Waals surface area contributed by atoms with Crippen LogP contribution < -0.4 is 0 Å². The van der Waals surface area contributed by atoms with Crippen molar-refractivity contribution in [2.45, 2.75) is 27.2 Å². The Bertz CT molecular complexity index is 432. The number of imidazole rings is 1. The number of hydrogen-bond donors (Lipinski definition) is 1. The molecule has 0 saturated heterocycles. The zero-order valence-corrected chi connectivity index (χ0v) is 9.46. The van der Waals surface area contributed by atoms with Crippen LogP contribution >= 0.6 is 0 Å². The van der Waals surface area contributed by atoms with Crippen molar-refractivity contribution >= 4 is 0 Å². The molecule has 2 rings (SSSR count). The largest absolute Gasteiger partial charge is 0.348 e. The van der Waals surface area contributed by atoms with E-state index >= 15 is 0 Å². The Hall–Kier alpha value is -1.57. The van der Waals surface area contributed by atoms with Crippen LogP contribution in [-0.4, -0.2) is 9.97 Å². The van der Waals surface area contributed by atoms with Gasteiger partial charge in [0, 0.05) is 18.8 Å². The van der Waals surface area contributed by atoms with Crippen LogP contribution in [0.3, 0.4) is 0 Å². The number of aryl methyl sites for hydroxylation is 3. The van der Waals surface area contributed by atoms with E-state index < -0.39 is 0 Å². The summed E-state index contributed by atoms with van der Waals surface area (Å²) >= 11 is 0. The highest BCUT2D eigenvalue weighted by molar-refractivity contribution is 5.39. The maximum atomic E-state index is 4.26. The molecule has 0 radical (unpaired) electrons. The number of H-pyrrole nitrogens is 1. The number of benzene rings is 1. The molecule has 1 N–H and O–H groups in total. The highest BCUT2D eigenvalue weighted by Gasteiger charge is 2.05. The summed E-state index contributed by atoms with van der Waals surface area (Å²) in [5.74, 6) is 1.03. The lowest BCUT2D eigenvalue weighted by molar-refractivity contribution is 0.999. The molecular weight excluding hydrogens is 184 g/mol. The van der Waals surface area contributed by atoms with Crippen LogP contribution in [0.1, 0.15) is 28.1 Å². The third-order valence-electron chi connectivity index (χ3n) is 2.74. The second-order valence-corrected chi connectivity index (χ2v) is 4.09. The fraction of sp³-hybridized carbons (Fsp3) is 0.308. The minimum absolute atomic E-state index is 0.894. The summed E-state index contributed by atoms with van der Waals surface area (Å²) in [6.45, 7) is 6.47. The van der Waals surface area contributed by atoms with Gasteiger partial charge < -0.3 is 4.98 Å². The number of rotatable bonds is 2. The highest BCUT2D eigenvalue weighted by Crippen LogP contribution is 2.18. The molecule has 0 unspecified atom stereocenters. The highest BCUT2D eigenvalue weighted by atomic mass is 14.9. The molecule has 1 aromatic heterocycles. The Morgan fingerprint density at radius 2 is 1.80 bits per heavy atom. The van der Waals surface area contributed by atoms with Crippen molar-refractivity contribution < 1.29 is 0 Å². The molecule has 78 valence electrons. The van der Waals surface area contributed by atoms with Crippen LogP contribution in [0.4, 0.5) is 0 Å². The van der Waals surface area contributed by atoms with Gasteiger partial charge in [-0.25, -0.2) is 4.98 Å². The molecule has 0 atom stereocenters. The first-order valence-corrected chi connectivity index (χ1v) is 5.22. The maximum Gasteiger partial charge on any atom is 0.110 e. The van der Waals surface area contributed by atoms with Crippen molar-refractivity contribution in [3.63, 3.8) is 0 Å². The predicted molar refractivity (Wildman–Crippen MR) is 62.0 cm³/mol. The average molecular weight is 200 g/mol. The zero-order chi connectivity index (χ0) is 10.8. The van der Waals surface area contributed by atoms with Gasteiger partial charge in [-0.05, 0) is 37.5 Å². The van der Waals surface area contributed by atoms with Crippen molar-refractivity contribution in [3.05, 3.63) is 52.6 Å². The number of nitrogens with one attached hydrogen (secondary N) is 1. The van der Waals surface area contributed by atoms with Crippen LogP contribution in [0, 0.1) is 20.8 Å². The minimum Gasteiger partial charge on any atom is -0.348 e. The molecule has 0 aliphatic heterocycles. The second-order valence-electron chi connectivity index (χ2n) is 4.09. The standard InChI is InChI=1S/C13H16N2/c1-9-6-10(2)12(11(3)7-9)8-13-14-4-5-15-13/h4-7H,8H2,1-3H3,(H,14,15). The van der Waals surface area contributed by atoms with E-state index in [0.29, 0.717) is 0 Å². The fourth-order valence-corrected chi connectivity index (χ4v) is 2.05. The topological polar surface area (TPSA) is 28.7 Å². The molecule has 0 saturated carbocycles. The average Bonchev–Trinajstić information content (AvgIpc) is 2.63. The second kappa shape index (κ2) is 3.89. The quantitative estimate of drug-likeness (QED) is 0.793. The van der Waals surface area contributed by atoms with Crippen molar-refractivity contribution in [1.82, 2.24) is 9.97 Å². The monoisotopic (exact) mass is 200 g/mol. The van der Waals surface area contributed by atoms with Crippen LogP contribution in [-0.2, 0) is 6.42 Å². The number of nitrogens with zero attached hydrogens (tertiary/aromatic N) is 1. The van der Waals surface area contributed by atoms with Crippen molar-refractivity contribution in [2.24, 2.45) is 0 Å². The summed E-state index contributed by atoms with van der Waals surface area (Å²) in [6, 6.07) is 4.45. The zero-order valence-electron chi connectivity index (χ0n) is 9.46. The van der Waals surface area contributed by atoms with Crippen molar-refractivity contribution in [1.29, 1.82) is 0 Å². The maximum absolute atomic E-state index is 4.26. The Balaban J connectivity index is 2.36. The van der Waals surface area contributed by atoms with Crippen LogP contribution in [0.15, 0.2) is 24.5 Å².